The second-order valence-electron chi connectivity index (χ2n) is 5.82. The third kappa shape index (κ3) is 7.88. The van der Waals surface area contributed by atoms with Crippen molar-refractivity contribution in [3.8, 4) is 0 Å². The number of nitrogens with one attached hydrogen (secondary N) is 2. The number of morpholine rings is 1. The maximum Gasteiger partial charge on any atom is 0.337 e. The Hall–Kier alpha value is -1.39. The van der Waals surface area contributed by atoms with Gasteiger partial charge in [0.2, 0.25) is 0 Å². The Morgan fingerprint density at radius 3 is 2.46 bits per heavy atom. The van der Waals surface area contributed by atoms with Crippen LogP contribution in [-0.2, 0) is 15.9 Å². The molecule has 0 atom stereocenters. The van der Waals surface area contributed by atoms with E-state index in [4.69, 9.17) is 9.47 Å². The molecule has 1 aromatic carbocycles. The molecule has 1 fully saturated rings. The molecule has 0 saturated carbocycles. The summed E-state index contributed by atoms with van der Waals surface area (Å²) in [6, 6.07) is 7.47. The molecule has 1 aliphatic heterocycles. The minimum atomic E-state index is -0.311. The van der Waals surface area contributed by atoms with Crippen LogP contribution in [0.5, 0.6) is 0 Å². The Bertz CT molecular complexity index is 560. The average Bonchev–Trinajstić information content (AvgIpc) is 2.67. The van der Waals surface area contributed by atoms with E-state index in [-0.39, 0.29) is 29.9 Å². The van der Waals surface area contributed by atoms with E-state index in [0.29, 0.717) is 5.56 Å². The van der Waals surface area contributed by atoms with Gasteiger partial charge in [-0.3, -0.25) is 9.89 Å². The van der Waals surface area contributed by atoms with Crippen LogP contribution in [0, 0.1) is 0 Å². The van der Waals surface area contributed by atoms with Crippen LogP contribution in [0.25, 0.3) is 0 Å². The zero-order valence-corrected chi connectivity index (χ0v) is 17.8. The van der Waals surface area contributed by atoms with Crippen molar-refractivity contribution in [3.63, 3.8) is 0 Å². The summed E-state index contributed by atoms with van der Waals surface area (Å²) in [5.41, 5.74) is 1.73. The quantitative estimate of drug-likeness (QED) is 0.266. The molecule has 1 aliphatic rings. The van der Waals surface area contributed by atoms with Gasteiger partial charge in [-0.1, -0.05) is 12.1 Å². The zero-order valence-electron chi connectivity index (χ0n) is 15.5. The van der Waals surface area contributed by atoms with Crippen LogP contribution < -0.4 is 10.6 Å². The van der Waals surface area contributed by atoms with Crippen molar-refractivity contribution in [1.82, 2.24) is 15.5 Å². The summed E-state index contributed by atoms with van der Waals surface area (Å²) in [7, 11) is 3.16. The van der Waals surface area contributed by atoms with Crippen molar-refractivity contribution in [2.24, 2.45) is 4.99 Å². The summed E-state index contributed by atoms with van der Waals surface area (Å²) in [6.07, 6.45) is 0.853. The molecule has 1 aromatic rings. The Balaban J connectivity index is 0.00000338. The van der Waals surface area contributed by atoms with Gasteiger partial charge in [-0.05, 0) is 24.1 Å². The number of aliphatic imine (C=N–C) groups is 1. The molecule has 0 aliphatic carbocycles. The highest BCUT2D eigenvalue weighted by molar-refractivity contribution is 14.0. The van der Waals surface area contributed by atoms with Crippen molar-refractivity contribution in [2.45, 2.75) is 6.42 Å². The van der Waals surface area contributed by atoms with E-state index >= 15 is 0 Å². The molecule has 0 bridgehead atoms. The molecule has 0 aromatic heterocycles. The Labute approximate surface area is 172 Å². The van der Waals surface area contributed by atoms with Crippen LogP contribution in [0.4, 0.5) is 0 Å². The number of guanidine groups is 1. The number of methoxy groups -OCH3 is 1. The molecule has 8 heteroatoms. The van der Waals surface area contributed by atoms with Gasteiger partial charge in [-0.15, -0.1) is 24.0 Å². The molecule has 0 unspecified atom stereocenters. The van der Waals surface area contributed by atoms with E-state index in [1.807, 2.05) is 12.1 Å². The summed E-state index contributed by atoms with van der Waals surface area (Å²) in [5, 5.41) is 6.64. The summed E-state index contributed by atoms with van der Waals surface area (Å²) in [5.74, 6) is 0.494. The lowest BCUT2D eigenvalue weighted by Crippen LogP contribution is -2.44. The number of carbonyl (C=O) groups is 1. The summed E-state index contributed by atoms with van der Waals surface area (Å²) >= 11 is 0. The van der Waals surface area contributed by atoms with Gasteiger partial charge in [0.05, 0.1) is 25.9 Å². The summed E-state index contributed by atoms with van der Waals surface area (Å²) < 4.78 is 10.0. The predicted molar refractivity (Wildman–Crippen MR) is 114 cm³/mol. The molecule has 146 valence electrons. The normalized spacial score (nSPS) is 15.1. The second-order valence-corrected chi connectivity index (χ2v) is 5.82. The van der Waals surface area contributed by atoms with Crippen LogP contribution in [0.1, 0.15) is 15.9 Å². The molecule has 1 saturated heterocycles. The van der Waals surface area contributed by atoms with Crippen LogP contribution in [0.3, 0.4) is 0 Å². The van der Waals surface area contributed by atoms with Crippen LogP contribution in [-0.4, -0.2) is 76.9 Å². The lowest BCUT2D eigenvalue weighted by Gasteiger charge is -2.26. The number of benzene rings is 1. The lowest BCUT2D eigenvalue weighted by molar-refractivity contribution is 0.0389. The first-order valence-corrected chi connectivity index (χ1v) is 8.65. The molecule has 0 amide bonds. The summed E-state index contributed by atoms with van der Waals surface area (Å²) in [6.45, 7) is 6.25. The molecule has 2 rings (SSSR count). The van der Waals surface area contributed by atoms with E-state index in [2.05, 4.69) is 20.5 Å². The number of hydrogen-bond donors (Lipinski definition) is 2. The molecular formula is C18H29IN4O3. The number of nitrogens with zero attached hydrogens (tertiary/aromatic N) is 2. The molecule has 26 heavy (non-hydrogen) atoms. The van der Waals surface area contributed by atoms with Crippen LogP contribution in [0.15, 0.2) is 29.3 Å². The maximum atomic E-state index is 11.4. The average molecular weight is 476 g/mol. The van der Waals surface area contributed by atoms with E-state index < -0.39 is 0 Å². The van der Waals surface area contributed by atoms with Crippen molar-refractivity contribution >= 4 is 35.9 Å². The van der Waals surface area contributed by atoms with E-state index in [9.17, 15) is 4.79 Å². The van der Waals surface area contributed by atoms with Gasteiger partial charge < -0.3 is 20.1 Å². The smallest absolute Gasteiger partial charge is 0.337 e. The standard InChI is InChI=1S/C18H28N4O3.HI/c1-19-18(21-9-10-22-11-13-25-14-12-22)20-8-7-15-3-5-16(6-4-15)17(23)24-2;/h3-6H,7-14H2,1-2H3,(H2,19,20,21);1H. The van der Waals surface area contributed by atoms with Gasteiger partial charge in [0, 0.05) is 39.8 Å². The highest BCUT2D eigenvalue weighted by Crippen LogP contribution is 2.06. The third-order valence-corrected chi connectivity index (χ3v) is 4.13. The first-order chi connectivity index (χ1) is 12.2. The Morgan fingerprint density at radius 2 is 1.85 bits per heavy atom. The highest BCUT2D eigenvalue weighted by Gasteiger charge is 2.09. The zero-order chi connectivity index (χ0) is 17.9. The van der Waals surface area contributed by atoms with Gasteiger partial charge in [-0.2, -0.15) is 0 Å². The minimum absolute atomic E-state index is 0. The van der Waals surface area contributed by atoms with Crippen molar-refractivity contribution in [1.29, 1.82) is 0 Å². The van der Waals surface area contributed by atoms with E-state index in [0.717, 1.165) is 63.9 Å². The van der Waals surface area contributed by atoms with Crippen molar-refractivity contribution in [3.05, 3.63) is 35.4 Å². The van der Waals surface area contributed by atoms with Gasteiger partial charge >= 0.3 is 5.97 Å². The molecule has 2 N–H and O–H groups in total. The second kappa shape index (κ2) is 12.9. The van der Waals surface area contributed by atoms with Crippen LogP contribution in [0.2, 0.25) is 0 Å². The van der Waals surface area contributed by atoms with Gasteiger partial charge in [-0.25, -0.2) is 4.79 Å². The summed E-state index contributed by atoms with van der Waals surface area (Å²) in [4.78, 5) is 18.0. The Kier molecular flexibility index (Phi) is 11.2. The van der Waals surface area contributed by atoms with Gasteiger partial charge in [0.25, 0.3) is 0 Å². The highest BCUT2D eigenvalue weighted by atomic mass is 127. The fourth-order valence-corrected chi connectivity index (χ4v) is 2.63. The monoisotopic (exact) mass is 476 g/mol. The fraction of sp³-hybridized carbons (Fsp3) is 0.556. The molecule has 1 heterocycles. The number of esters is 1. The predicted octanol–water partition coefficient (Wildman–Crippen LogP) is 1.13. The minimum Gasteiger partial charge on any atom is -0.465 e. The number of hydrogen-bond acceptors (Lipinski definition) is 5. The third-order valence-electron chi connectivity index (χ3n) is 4.13. The number of rotatable bonds is 7. The van der Waals surface area contributed by atoms with Crippen molar-refractivity contribution < 1.29 is 14.3 Å². The number of carbonyl (C=O) groups excluding carboxylic acids is 1. The molecule has 0 radical (unpaired) electrons. The molecule has 0 spiro atoms. The van der Waals surface area contributed by atoms with Crippen LogP contribution >= 0.6 is 24.0 Å². The largest absolute Gasteiger partial charge is 0.465 e. The van der Waals surface area contributed by atoms with Crippen molar-refractivity contribution in [2.75, 3.05) is 60.1 Å². The maximum absolute atomic E-state index is 11.4. The van der Waals surface area contributed by atoms with Gasteiger partial charge in [0.1, 0.15) is 0 Å². The number of halogens is 1. The van der Waals surface area contributed by atoms with E-state index in [1.165, 1.54) is 7.11 Å². The first kappa shape index (κ1) is 22.7. The topological polar surface area (TPSA) is 75.2 Å². The number of ether oxygens (including phenoxy) is 2. The first-order valence-electron chi connectivity index (χ1n) is 8.65. The fourth-order valence-electron chi connectivity index (χ4n) is 2.63. The van der Waals surface area contributed by atoms with Gasteiger partial charge in [0.15, 0.2) is 5.96 Å². The SMILES string of the molecule is CN=C(NCCc1ccc(C(=O)OC)cc1)NCCN1CCOCC1.I. The Morgan fingerprint density at radius 1 is 1.19 bits per heavy atom. The van der Waals surface area contributed by atoms with E-state index in [1.54, 1.807) is 19.2 Å². The molecular weight excluding hydrogens is 447 g/mol. The lowest BCUT2D eigenvalue weighted by atomic mass is 10.1. The molecule has 7 nitrogen and oxygen atoms in total.